The predicted octanol–water partition coefficient (Wildman–Crippen LogP) is 2.88. The molecule has 2 heterocycles. The Morgan fingerprint density at radius 2 is 1.74 bits per heavy atom. The van der Waals surface area contributed by atoms with Gasteiger partial charge in [-0.05, 0) is 39.0 Å². The minimum absolute atomic E-state index is 0.113. The number of fused-ring (bicyclic) bond motifs is 2. The molecule has 0 fully saturated rings. The second kappa shape index (κ2) is 5.22. The van der Waals surface area contributed by atoms with Gasteiger partial charge in [0.25, 0.3) is 0 Å². The van der Waals surface area contributed by atoms with E-state index in [0.29, 0.717) is 0 Å². The summed E-state index contributed by atoms with van der Waals surface area (Å²) in [6.07, 6.45) is 4.85. The fourth-order valence-electron chi connectivity index (χ4n) is 3.02. The minimum atomic E-state index is 0.113. The van der Waals surface area contributed by atoms with Crippen molar-refractivity contribution >= 4 is 11.6 Å². The predicted molar refractivity (Wildman–Crippen MR) is 76.4 cm³/mol. The van der Waals surface area contributed by atoms with Crippen LogP contribution < -0.4 is 15.2 Å². The van der Waals surface area contributed by atoms with Crippen LogP contribution in [-0.2, 0) is 19.3 Å². The van der Waals surface area contributed by atoms with Gasteiger partial charge in [-0.1, -0.05) is 11.6 Å². The first kappa shape index (κ1) is 13.1. The monoisotopic (exact) mass is 281 g/mol. The van der Waals surface area contributed by atoms with Gasteiger partial charge >= 0.3 is 0 Å². The molecule has 2 aliphatic rings. The molecule has 2 N–H and O–H groups in total. The Balaban J connectivity index is 2.18. The fraction of sp³-hybridized carbons (Fsp3) is 0.600. The molecule has 4 heteroatoms. The molecule has 0 radical (unpaired) electrons. The lowest BCUT2D eigenvalue weighted by Gasteiger charge is -2.29. The van der Waals surface area contributed by atoms with E-state index in [1.165, 1.54) is 11.1 Å². The number of halogens is 1. The van der Waals surface area contributed by atoms with E-state index in [9.17, 15) is 0 Å². The smallest absolute Gasteiger partial charge is 0.141 e. The third kappa shape index (κ3) is 2.30. The quantitative estimate of drug-likeness (QED) is 0.907. The van der Waals surface area contributed by atoms with E-state index < -0.39 is 0 Å². The van der Waals surface area contributed by atoms with Crippen LogP contribution in [0.4, 0.5) is 0 Å². The van der Waals surface area contributed by atoms with Gasteiger partial charge in [0.2, 0.25) is 0 Å². The molecule has 19 heavy (non-hydrogen) atoms. The highest BCUT2D eigenvalue weighted by Gasteiger charge is 2.28. The molecule has 1 aromatic rings. The largest absolute Gasteiger partial charge is 0.493 e. The van der Waals surface area contributed by atoms with Crippen molar-refractivity contribution < 1.29 is 9.47 Å². The Bertz CT molecular complexity index is 462. The molecule has 0 aliphatic carbocycles. The van der Waals surface area contributed by atoms with Crippen LogP contribution in [0.2, 0.25) is 5.02 Å². The van der Waals surface area contributed by atoms with Crippen LogP contribution in [0.15, 0.2) is 0 Å². The topological polar surface area (TPSA) is 44.5 Å². The number of ether oxygens (including phenoxy) is 2. The van der Waals surface area contributed by atoms with Crippen molar-refractivity contribution in [2.75, 3.05) is 13.2 Å². The second-order valence-corrected chi connectivity index (χ2v) is 5.87. The zero-order valence-corrected chi connectivity index (χ0v) is 12.1. The third-order valence-electron chi connectivity index (χ3n) is 3.81. The van der Waals surface area contributed by atoms with Crippen LogP contribution >= 0.6 is 11.6 Å². The Labute approximate surface area is 119 Å². The highest BCUT2D eigenvalue weighted by molar-refractivity contribution is 6.33. The summed E-state index contributed by atoms with van der Waals surface area (Å²) in [5.41, 5.74) is 9.56. The van der Waals surface area contributed by atoms with Crippen LogP contribution in [-0.4, -0.2) is 19.3 Å². The highest BCUT2D eigenvalue weighted by Crippen LogP contribution is 2.46. The van der Waals surface area contributed by atoms with E-state index in [2.05, 4.69) is 0 Å². The number of hydrogen-bond donors (Lipinski definition) is 1. The second-order valence-electron chi connectivity index (χ2n) is 5.49. The summed E-state index contributed by atoms with van der Waals surface area (Å²) in [6.45, 7) is 3.55. The van der Waals surface area contributed by atoms with Crippen LogP contribution in [0.1, 0.15) is 36.5 Å². The Kier molecular flexibility index (Phi) is 3.59. The third-order valence-corrected chi connectivity index (χ3v) is 4.21. The van der Waals surface area contributed by atoms with Gasteiger partial charge in [0.05, 0.1) is 18.2 Å². The maximum absolute atomic E-state index is 6.52. The maximum Gasteiger partial charge on any atom is 0.141 e. The van der Waals surface area contributed by atoms with E-state index in [-0.39, 0.29) is 6.04 Å². The van der Waals surface area contributed by atoms with E-state index in [0.717, 1.165) is 67.4 Å². The van der Waals surface area contributed by atoms with Crippen LogP contribution in [0, 0.1) is 0 Å². The molecular formula is C15H20ClNO2. The summed E-state index contributed by atoms with van der Waals surface area (Å²) < 4.78 is 11.7. The van der Waals surface area contributed by atoms with Crippen LogP contribution in [0.5, 0.6) is 11.5 Å². The van der Waals surface area contributed by atoms with Gasteiger partial charge in [-0.25, -0.2) is 0 Å². The number of benzene rings is 1. The van der Waals surface area contributed by atoms with Crippen molar-refractivity contribution in [2.45, 2.75) is 45.1 Å². The lowest BCUT2D eigenvalue weighted by molar-refractivity contribution is 0.269. The van der Waals surface area contributed by atoms with Crippen molar-refractivity contribution in [3.8, 4) is 11.5 Å². The van der Waals surface area contributed by atoms with E-state index >= 15 is 0 Å². The Hall–Kier alpha value is -0.930. The molecular weight excluding hydrogens is 262 g/mol. The number of hydrogen-bond acceptors (Lipinski definition) is 3. The number of rotatable bonds is 2. The molecule has 0 spiro atoms. The van der Waals surface area contributed by atoms with Crippen molar-refractivity contribution in [1.29, 1.82) is 0 Å². The van der Waals surface area contributed by atoms with Gasteiger partial charge in [0, 0.05) is 22.7 Å². The van der Waals surface area contributed by atoms with Crippen molar-refractivity contribution in [1.82, 2.24) is 0 Å². The zero-order chi connectivity index (χ0) is 13.4. The summed E-state index contributed by atoms with van der Waals surface area (Å²) in [5.74, 6) is 1.87. The van der Waals surface area contributed by atoms with Gasteiger partial charge < -0.3 is 15.2 Å². The Morgan fingerprint density at radius 1 is 1.11 bits per heavy atom. The average Bonchev–Trinajstić information content (AvgIpc) is 2.43. The lowest BCUT2D eigenvalue weighted by Crippen LogP contribution is -2.23. The Morgan fingerprint density at radius 3 is 2.42 bits per heavy atom. The molecule has 0 bridgehead atoms. The molecule has 3 nitrogen and oxygen atoms in total. The van der Waals surface area contributed by atoms with E-state index in [1.807, 2.05) is 6.92 Å². The average molecular weight is 282 g/mol. The van der Waals surface area contributed by atoms with Crippen molar-refractivity contribution in [3.63, 3.8) is 0 Å². The van der Waals surface area contributed by atoms with Crippen molar-refractivity contribution in [3.05, 3.63) is 21.7 Å². The lowest BCUT2D eigenvalue weighted by atomic mass is 9.90. The van der Waals surface area contributed by atoms with E-state index in [1.54, 1.807) is 0 Å². The molecule has 0 saturated heterocycles. The first-order valence-corrected chi connectivity index (χ1v) is 7.43. The fourth-order valence-corrected chi connectivity index (χ4v) is 3.37. The normalized spacial score (nSPS) is 18.9. The highest BCUT2D eigenvalue weighted by atomic mass is 35.5. The molecule has 3 rings (SSSR count). The van der Waals surface area contributed by atoms with Gasteiger partial charge in [-0.15, -0.1) is 0 Å². The van der Waals surface area contributed by atoms with Crippen molar-refractivity contribution in [2.24, 2.45) is 5.73 Å². The first-order chi connectivity index (χ1) is 9.18. The molecule has 1 unspecified atom stereocenters. The van der Waals surface area contributed by atoms with Gasteiger partial charge in [0.15, 0.2) is 0 Å². The van der Waals surface area contributed by atoms with Gasteiger partial charge in [-0.2, -0.15) is 0 Å². The van der Waals surface area contributed by atoms with Crippen LogP contribution in [0.3, 0.4) is 0 Å². The first-order valence-electron chi connectivity index (χ1n) is 7.05. The molecule has 1 aromatic carbocycles. The summed E-state index contributed by atoms with van der Waals surface area (Å²) >= 11 is 6.52. The SMILES string of the molecule is CC(N)Cc1c2c(c(Cl)c3c1OCCC3)OCCC2. The summed E-state index contributed by atoms with van der Waals surface area (Å²) in [6, 6.07) is 0.113. The van der Waals surface area contributed by atoms with E-state index in [4.69, 9.17) is 26.8 Å². The molecule has 104 valence electrons. The standard InChI is InChI=1S/C15H20ClNO2/c1-9(17)8-12-10-4-2-7-19-15(10)13(16)11-5-3-6-18-14(11)12/h9H,2-8,17H2,1H3. The van der Waals surface area contributed by atoms with Gasteiger partial charge in [-0.3, -0.25) is 0 Å². The van der Waals surface area contributed by atoms with Gasteiger partial charge in [0.1, 0.15) is 11.5 Å². The minimum Gasteiger partial charge on any atom is -0.493 e. The number of nitrogens with two attached hydrogens (primary N) is 1. The molecule has 0 amide bonds. The summed E-state index contributed by atoms with van der Waals surface area (Å²) in [5, 5.41) is 0.762. The van der Waals surface area contributed by atoms with Crippen LogP contribution in [0.25, 0.3) is 0 Å². The molecule has 0 aromatic heterocycles. The molecule has 1 atom stereocenters. The zero-order valence-electron chi connectivity index (χ0n) is 11.3. The molecule has 0 saturated carbocycles. The summed E-state index contributed by atoms with van der Waals surface area (Å²) in [7, 11) is 0. The maximum atomic E-state index is 6.52. The molecule has 2 aliphatic heterocycles. The summed E-state index contributed by atoms with van der Waals surface area (Å²) in [4.78, 5) is 0.